The third kappa shape index (κ3) is 1.97. The standard InChI is InChI=1S/C10H9BrN2O2/c1-15-8-4-2-7(3-5-8)13-6-9(11)12-10(13)14/h2-6H,1H3,(H,12,14). The van der Waals surface area contributed by atoms with Gasteiger partial charge in [0.05, 0.1) is 12.8 Å². The van der Waals surface area contributed by atoms with E-state index in [1.54, 1.807) is 13.3 Å². The molecule has 0 atom stereocenters. The second kappa shape index (κ2) is 3.94. The van der Waals surface area contributed by atoms with E-state index in [1.165, 1.54) is 4.57 Å². The Labute approximate surface area is 94.6 Å². The van der Waals surface area contributed by atoms with Crippen molar-refractivity contribution in [3.05, 3.63) is 45.5 Å². The number of aromatic nitrogens is 2. The summed E-state index contributed by atoms with van der Waals surface area (Å²) in [6.07, 6.45) is 1.68. The molecule has 15 heavy (non-hydrogen) atoms. The molecule has 4 nitrogen and oxygen atoms in total. The number of methoxy groups -OCH3 is 1. The average Bonchev–Trinajstić information content (AvgIpc) is 2.58. The van der Waals surface area contributed by atoms with E-state index in [2.05, 4.69) is 20.9 Å². The molecule has 2 aromatic rings. The summed E-state index contributed by atoms with van der Waals surface area (Å²) in [7, 11) is 1.61. The molecule has 78 valence electrons. The molecule has 0 aliphatic carbocycles. The predicted octanol–water partition coefficient (Wildman–Crippen LogP) is 1.94. The molecule has 1 heterocycles. The number of ether oxygens (including phenoxy) is 1. The van der Waals surface area contributed by atoms with E-state index in [-0.39, 0.29) is 5.69 Å². The van der Waals surface area contributed by atoms with Crippen LogP contribution in [0.2, 0.25) is 0 Å². The van der Waals surface area contributed by atoms with Crippen molar-refractivity contribution in [3.8, 4) is 11.4 Å². The van der Waals surface area contributed by atoms with Gasteiger partial charge in [-0.3, -0.25) is 9.55 Å². The van der Waals surface area contributed by atoms with Crippen LogP contribution in [0.3, 0.4) is 0 Å². The third-order valence-corrected chi connectivity index (χ3v) is 2.44. The van der Waals surface area contributed by atoms with Gasteiger partial charge in [-0.15, -0.1) is 0 Å². The summed E-state index contributed by atoms with van der Waals surface area (Å²) in [4.78, 5) is 14.1. The van der Waals surface area contributed by atoms with Gasteiger partial charge >= 0.3 is 5.69 Å². The lowest BCUT2D eigenvalue weighted by Crippen LogP contribution is -2.13. The number of nitrogens with zero attached hydrogens (tertiary/aromatic N) is 1. The van der Waals surface area contributed by atoms with E-state index in [0.29, 0.717) is 4.60 Å². The Morgan fingerprint density at radius 2 is 2.00 bits per heavy atom. The minimum atomic E-state index is -0.174. The first-order chi connectivity index (χ1) is 7.20. The first-order valence-corrected chi connectivity index (χ1v) is 5.11. The van der Waals surface area contributed by atoms with Crippen LogP contribution in [0.25, 0.3) is 5.69 Å². The van der Waals surface area contributed by atoms with Crippen LogP contribution in [0.15, 0.2) is 39.9 Å². The number of hydrogen-bond donors (Lipinski definition) is 1. The number of nitrogens with one attached hydrogen (secondary N) is 1. The van der Waals surface area contributed by atoms with Gasteiger partial charge < -0.3 is 4.74 Å². The first-order valence-electron chi connectivity index (χ1n) is 4.32. The van der Waals surface area contributed by atoms with Gasteiger partial charge in [-0.2, -0.15) is 0 Å². The summed E-state index contributed by atoms with van der Waals surface area (Å²) >= 11 is 3.21. The molecular weight excluding hydrogens is 260 g/mol. The number of H-pyrrole nitrogens is 1. The molecule has 1 aromatic heterocycles. The van der Waals surface area contributed by atoms with Gasteiger partial charge in [0.2, 0.25) is 0 Å². The second-order valence-corrected chi connectivity index (χ2v) is 3.83. The van der Waals surface area contributed by atoms with Gasteiger partial charge in [0.15, 0.2) is 0 Å². The topological polar surface area (TPSA) is 47.0 Å². The van der Waals surface area contributed by atoms with Crippen LogP contribution in [-0.2, 0) is 0 Å². The molecule has 0 aliphatic heterocycles. The molecule has 0 unspecified atom stereocenters. The summed E-state index contributed by atoms with van der Waals surface area (Å²) in [6, 6.07) is 7.26. The van der Waals surface area contributed by atoms with E-state index in [1.807, 2.05) is 24.3 Å². The Morgan fingerprint density at radius 3 is 2.47 bits per heavy atom. The van der Waals surface area contributed by atoms with Gasteiger partial charge in [0.1, 0.15) is 10.4 Å². The molecular formula is C10H9BrN2O2. The minimum absolute atomic E-state index is 0.174. The molecule has 0 aliphatic rings. The molecule has 0 bridgehead atoms. The van der Waals surface area contributed by atoms with Crippen molar-refractivity contribution in [2.24, 2.45) is 0 Å². The number of halogens is 1. The lowest BCUT2D eigenvalue weighted by Gasteiger charge is -2.02. The second-order valence-electron chi connectivity index (χ2n) is 2.98. The van der Waals surface area contributed by atoms with Crippen molar-refractivity contribution in [2.75, 3.05) is 7.11 Å². The summed E-state index contributed by atoms with van der Waals surface area (Å²) in [5.74, 6) is 0.765. The fraction of sp³-hybridized carbons (Fsp3) is 0.100. The van der Waals surface area contributed by atoms with Crippen molar-refractivity contribution >= 4 is 15.9 Å². The predicted molar refractivity (Wildman–Crippen MR) is 60.6 cm³/mol. The van der Waals surface area contributed by atoms with Crippen molar-refractivity contribution < 1.29 is 4.74 Å². The lowest BCUT2D eigenvalue weighted by atomic mass is 10.3. The first kappa shape index (κ1) is 10.0. The maximum atomic E-state index is 11.4. The van der Waals surface area contributed by atoms with E-state index in [4.69, 9.17) is 4.74 Å². The highest BCUT2D eigenvalue weighted by atomic mass is 79.9. The monoisotopic (exact) mass is 268 g/mol. The number of aromatic amines is 1. The van der Waals surface area contributed by atoms with Crippen LogP contribution in [0, 0.1) is 0 Å². The Balaban J connectivity index is 2.45. The van der Waals surface area contributed by atoms with Crippen molar-refractivity contribution in [1.82, 2.24) is 9.55 Å². The van der Waals surface area contributed by atoms with E-state index >= 15 is 0 Å². The van der Waals surface area contributed by atoms with Gasteiger partial charge in [0.25, 0.3) is 0 Å². The Bertz CT molecular complexity index is 513. The molecule has 0 fully saturated rings. The molecule has 1 N–H and O–H groups in total. The molecule has 0 saturated heterocycles. The highest BCUT2D eigenvalue weighted by Gasteiger charge is 2.02. The summed E-state index contributed by atoms with van der Waals surface area (Å²) in [5, 5.41) is 0. The highest BCUT2D eigenvalue weighted by Crippen LogP contribution is 2.14. The quantitative estimate of drug-likeness (QED) is 0.905. The zero-order valence-corrected chi connectivity index (χ0v) is 9.61. The van der Waals surface area contributed by atoms with Crippen molar-refractivity contribution in [3.63, 3.8) is 0 Å². The number of hydrogen-bond acceptors (Lipinski definition) is 2. The van der Waals surface area contributed by atoms with E-state index in [9.17, 15) is 4.79 Å². The van der Waals surface area contributed by atoms with Gasteiger partial charge in [0, 0.05) is 6.20 Å². The Hall–Kier alpha value is -1.49. The number of benzene rings is 1. The number of rotatable bonds is 2. The fourth-order valence-electron chi connectivity index (χ4n) is 1.30. The summed E-state index contributed by atoms with van der Waals surface area (Å²) < 4.78 is 7.21. The van der Waals surface area contributed by atoms with Crippen LogP contribution in [0.4, 0.5) is 0 Å². The molecule has 0 saturated carbocycles. The zero-order valence-electron chi connectivity index (χ0n) is 8.03. The largest absolute Gasteiger partial charge is 0.497 e. The maximum Gasteiger partial charge on any atom is 0.330 e. The molecule has 2 rings (SSSR count). The fourth-order valence-corrected chi connectivity index (χ4v) is 1.68. The normalized spacial score (nSPS) is 10.3. The van der Waals surface area contributed by atoms with Gasteiger partial charge in [-0.1, -0.05) is 0 Å². The average molecular weight is 269 g/mol. The SMILES string of the molecule is COc1ccc(-n2cc(Br)[nH]c2=O)cc1. The molecule has 5 heteroatoms. The molecule has 0 spiro atoms. The molecule has 1 aromatic carbocycles. The summed E-state index contributed by atoms with van der Waals surface area (Å²) in [6.45, 7) is 0. The van der Waals surface area contributed by atoms with E-state index < -0.39 is 0 Å². The third-order valence-electron chi connectivity index (χ3n) is 2.04. The van der Waals surface area contributed by atoms with Crippen LogP contribution in [0.1, 0.15) is 0 Å². The van der Waals surface area contributed by atoms with Crippen LogP contribution in [0.5, 0.6) is 5.75 Å². The van der Waals surface area contributed by atoms with Crippen LogP contribution >= 0.6 is 15.9 Å². The highest BCUT2D eigenvalue weighted by molar-refractivity contribution is 9.10. The van der Waals surface area contributed by atoms with Crippen LogP contribution < -0.4 is 10.4 Å². The Kier molecular flexibility index (Phi) is 2.64. The maximum absolute atomic E-state index is 11.4. The van der Waals surface area contributed by atoms with E-state index in [0.717, 1.165) is 11.4 Å². The smallest absolute Gasteiger partial charge is 0.330 e. The molecule has 0 radical (unpaired) electrons. The van der Waals surface area contributed by atoms with Gasteiger partial charge in [-0.25, -0.2) is 4.79 Å². The Morgan fingerprint density at radius 1 is 1.33 bits per heavy atom. The number of imidazole rings is 1. The minimum Gasteiger partial charge on any atom is -0.497 e. The zero-order chi connectivity index (χ0) is 10.8. The summed E-state index contributed by atoms with van der Waals surface area (Å²) in [5.41, 5.74) is 0.620. The lowest BCUT2D eigenvalue weighted by molar-refractivity contribution is 0.414. The van der Waals surface area contributed by atoms with Crippen LogP contribution in [-0.4, -0.2) is 16.7 Å². The molecule has 0 amide bonds. The van der Waals surface area contributed by atoms with Crippen molar-refractivity contribution in [2.45, 2.75) is 0 Å². The van der Waals surface area contributed by atoms with Crippen molar-refractivity contribution in [1.29, 1.82) is 0 Å². The van der Waals surface area contributed by atoms with Gasteiger partial charge in [-0.05, 0) is 40.2 Å².